The molecule has 0 aliphatic heterocycles. The maximum atomic E-state index is 9.54. The summed E-state index contributed by atoms with van der Waals surface area (Å²) in [5, 5.41) is 9.54. The first-order valence-corrected chi connectivity index (χ1v) is 5.70. The van der Waals surface area contributed by atoms with E-state index in [1.165, 1.54) is 0 Å². The molecule has 0 fully saturated rings. The Hall–Kier alpha value is -2.00. The number of aromatic hydroxyl groups is 1. The Labute approximate surface area is 107 Å². The predicted octanol–water partition coefficient (Wildman–Crippen LogP) is 3.21. The topological polar surface area (TPSA) is 38.7 Å². The van der Waals surface area contributed by atoms with Crippen molar-refractivity contribution in [1.29, 1.82) is 0 Å². The van der Waals surface area contributed by atoms with Crippen LogP contribution < -0.4 is 4.74 Å². The van der Waals surface area contributed by atoms with Crippen LogP contribution >= 0.6 is 0 Å². The predicted molar refractivity (Wildman–Crippen MR) is 70.8 cm³/mol. The minimum atomic E-state index is 0.256. The molecule has 0 aliphatic carbocycles. The van der Waals surface area contributed by atoms with E-state index in [1.54, 1.807) is 26.4 Å². The third kappa shape index (κ3) is 2.63. The quantitative estimate of drug-likeness (QED) is 0.897. The number of hydrogen-bond donors (Lipinski definition) is 1. The molecule has 0 unspecified atom stereocenters. The van der Waals surface area contributed by atoms with Crippen molar-refractivity contribution in [3.05, 3.63) is 48.0 Å². The molecule has 0 heterocycles. The molecule has 2 rings (SSSR count). The minimum absolute atomic E-state index is 0.256. The Morgan fingerprint density at radius 2 is 1.89 bits per heavy atom. The van der Waals surface area contributed by atoms with E-state index in [0.717, 1.165) is 22.4 Å². The fourth-order valence-corrected chi connectivity index (χ4v) is 1.93. The third-order valence-corrected chi connectivity index (χ3v) is 2.77. The Morgan fingerprint density at radius 1 is 1.06 bits per heavy atom. The molecular formula is C15H16O3. The fraction of sp³-hybridized carbons (Fsp3) is 0.200. The highest BCUT2D eigenvalue weighted by Gasteiger charge is 2.07. The molecule has 0 aromatic heterocycles. The van der Waals surface area contributed by atoms with Crippen molar-refractivity contribution < 1.29 is 14.6 Å². The molecule has 18 heavy (non-hydrogen) atoms. The van der Waals surface area contributed by atoms with E-state index in [0.29, 0.717) is 6.61 Å². The zero-order valence-corrected chi connectivity index (χ0v) is 10.5. The summed E-state index contributed by atoms with van der Waals surface area (Å²) in [6.45, 7) is 0.502. The van der Waals surface area contributed by atoms with Gasteiger partial charge in [0.25, 0.3) is 0 Å². The van der Waals surface area contributed by atoms with Gasteiger partial charge in [0.15, 0.2) is 0 Å². The molecule has 0 spiro atoms. The lowest BCUT2D eigenvalue weighted by molar-refractivity contribution is 0.185. The molecule has 0 amide bonds. The molecule has 3 nitrogen and oxygen atoms in total. The Kier molecular flexibility index (Phi) is 3.85. The van der Waals surface area contributed by atoms with Gasteiger partial charge >= 0.3 is 0 Å². The summed E-state index contributed by atoms with van der Waals surface area (Å²) in [7, 11) is 3.30. The molecule has 1 N–H and O–H groups in total. The van der Waals surface area contributed by atoms with Gasteiger partial charge in [0.05, 0.1) is 13.7 Å². The van der Waals surface area contributed by atoms with Crippen molar-refractivity contribution >= 4 is 0 Å². The van der Waals surface area contributed by atoms with Crippen LogP contribution in [-0.4, -0.2) is 19.3 Å². The zero-order chi connectivity index (χ0) is 13.0. The van der Waals surface area contributed by atoms with Crippen molar-refractivity contribution in [3.8, 4) is 22.6 Å². The lowest BCUT2D eigenvalue weighted by atomic mass is 9.99. The van der Waals surface area contributed by atoms with Gasteiger partial charge < -0.3 is 14.6 Å². The molecule has 0 atom stereocenters. The van der Waals surface area contributed by atoms with Crippen LogP contribution in [0.1, 0.15) is 5.56 Å². The maximum absolute atomic E-state index is 9.54. The summed E-state index contributed by atoms with van der Waals surface area (Å²) < 4.78 is 10.4. The second kappa shape index (κ2) is 5.56. The van der Waals surface area contributed by atoms with Crippen LogP contribution in [0, 0.1) is 0 Å². The van der Waals surface area contributed by atoms with Gasteiger partial charge in [-0.3, -0.25) is 0 Å². The van der Waals surface area contributed by atoms with Crippen molar-refractivity contribution in [1.82, 2.24) is 0 Å². The molecule has 0 bridgehead atoms. The number of ether oxygens (including phenoxy) is 2. The minimum Gasteiger partial charge on any atom is -0.508 e. The van der Waals surface area contributed by atoms with Crippen LogP contribution in [0.5, 0.6) is 11.5 Å². The van der Waals surface area contributed by atoms with E-state index in [2.05, 4.69) is 0 Å². The summed E-state index contributed by atoms with van der Waals surface area (Å²) in [4.78, 5) is 0. The summed E-state index contributed by atoms with van der Waals surface area (Å²) >= 11 is 0. The van der Waals surface area contributed by atoms with Crippen LogP contribution in [-0.2, 0) is 11.3 Å². The Balaban J connectivity index is 2.49. The van der Waals surface area contributed by atoms with Gasteiger partial charge in [-0.25, -0.2) is 0 Å². The molecule has 0 saturated carbocycles. The van der Waals surface area contributed by atoms with Gasteiger partial charge in [-0.1, -0.05) is 18.2 Å². The van der Waals surface area contributed by atoms with Crippen molar-refractivity contribution in [2.45, 2.75) is 6.61 Å². The summed E-state index contributed by atoms with van der Waals surface area (Å²) in [5.74, 6) is 1.05. The number of hydrogen-bond acceptors (Lipinski definition) is 3. The lowest BCUT2D eigenvalue weighted by Gasteiger charge is -2.11. The molecule has 2 aromatic carbocycles. The number of rotatable bonds is 4. The molecule has 2 aromatic rings. The molecular weight excluding hydrogens is 228 g/mol. The Bertz CT molecular complexity index is 535. The first-order chi connectivity index (χ1) is 8.74. The summed E-state index contributed by atoms with van der Waals surface area (Å²) in [5.41, 5.74) is 3.03. The number of phenols is 1. The fourth-order valence-electron chi connectivity index (χ4n) is 1.93. The van der Waals surface area contributed by atoms with E-state index in [4.69, 9.17) is 9.47 Å². The van der Waals surface area contributed by atoms with Crippen LogP contribution in [0.15, 0.2) is 42.5 Å². The highest BCUT2D eigenvalue weighted by Crippen LogP contribution is 2.29. The normalized spacial score (nSPS) is 10.3. The monoisotopic (exact) mass is 244 g/mol. The summed E-state index contributed by atoms with van der Waals surface area (Å²) in [6.07, 6.45) is 0. The highest BCUT2D eigenvalue weighted by atomic mass is 16.5. The van der Waals surface area contributed by atoms with Gasteiger partial charge in [-0.05, 0) is 41.0 Å². The SMILES string of the molecule is COCc1cc(OC)ccc1-c1cccc(O)c1. The smallest absolute Gasteiger partial charge is 0.119 e. The van der Waals surface area contributed by atoms with Gasteiger partial charge in [0.2, 0.25) is 0 Å². The third-order valence-electron chi connectivity index (χ3n) is 2.77. The second-order valence-corrected chi connectivity index (χ2v) is 4.01. The highest BCUT2D eigenvalue weighted by molar-refractivity contribution is 5.69. The first kappa shape index (κ1) is 12.5. The van der Waals surface area contributed by atoms with Crippen LogP contribution in [0.4, 0.5) is 0 Å². The maximum Gasteiger partial charge on any atom is 0.119 e. The van der Waals surface area contributed by atoms with Gasteiger partial charge in [-0.2, -0.15) is 0 Å². The van der Waals surface area contributed by atoms with Crippen LogP contribution in [0.25, 0.3) is 11.1 Å². The second-order valence-electron chi connectivity index (χ2n) is 4.01. The molecule has 0 aliphatic rings. The van der Waals surface area contributed by atoms with E-state index < -0.39 is 0 Å². The zero-order valence-electron chi connectivity index (χ0n) is 10.5. The molecule has 3 heteroatoms. The Morgan fingerprint density at radius 3 is 2.56 bits per heavy atom. The van der Waals surface area contributed by atoms with Crippen molar-refractivity contribution in [2.75, 3.05) is 14.2 Å². The van der Waals surface area contributed by atoms with E-state index in [1.807, 2.05) is 30.3 Å². The molecule has 94 valence electrons. The number of benzene rings is 2. The standard InChI is InChI=1S/C15H16O3/c1-17-10-12-9-14(18-2)6-7-15(12)11-4-3-5-13(16)8-11/h3-9,16H,10H2,1-2H3. The van der Waals surface area contributed by atoms with Crippen molar-refractivity contribution in [2.24, 2.45) is 0 Å². The van der Waals surface area contributed by atoms with E-state index in [-0.39, 0.29) is 5.75 Å². The van der Waals surface area contributed by atoms with E-state index >= 15 is 0 Å². The average Bonchev–Trinajstić information content (AvgIpc) is 2.39. The largest absolute Gasteiger partial charge is 0.508 e. The van der Waals surface area contributed by atoms with Gasteiger partial charge in [0.1, 0.15) is 11.5 Å². The number of phenolic OH excluding ortho intramolecular Hbond substituents is 1. The molecule has 0 radical (unpaired) electrons. The van der Waals surface area contributed by atoms with Gasteiger partial charge in [0, 0.05) is 7.11 Å². The van der Waals surface area contributed by atoms with Crippen molar-refractivity contribution in [3.63, 3.8) is 0 Å². The van der Waals surface area contributed by atoms with Gasteiger partial charge in [-0.15, -0.1) is 0 Å². The van der Waals surface area contributed by atoms with E-state index in [9.17, 15) is 5.11 Å². The van der Waals surface area contributed by atoms with Crippen LogP contribution in [0.3, 0.4) is 0 Å². The number of methoxy groups -OCH3 is 2. The van der Waals surface area contributed by atoms with Crippen LogP contribution in [0.2, 0.25) is 0 Å². The lowest BCUT2D eigenvalue weighted by Crippen LogP contribution is -1.94. The summed E-state index contributed by atoms with van der Waals surface area (Å²) in [6, 6.07) is 13.0. The molecule has 0 saturated heterocycles. The average molecular weight is 244 g/mol. The first-order valence-electron chi connectivity index (χ1n) is 5.70.